The van der Waals surface area contributed by atoms with E-state index in [1.54, 1.807) is 18.2 Å². The Morgan fingerprint density at radius 1 is 0.415 bits per heavy atom. The zero-order valence-corrected chi connectivity index (χ0v) is 21.3. The third-order valence-corrected chi connectivity index (χ3v) is 7.95. The van der Waals surface area contributed by atoms with Crippen molar-refractivity contribution in [2.24, 2.45) is 0 Å². The van der Waals surface area contributed by atoms with Gasteiger partial charge in [-0.3, -0.25) is 19.2 Å². The number of hydrogen-bond acceptors (Lipinski definition) is 5. The van der Waals surface area contributed by atoms with Crippen molar-refractivity contribution < 1.29 is 24.3 Å². The van der Waals surface area contributed by atoms with Crippen molar-refractivity contribution in [3.05, 3.63) is 125 Å². The third kappa shape index (κ3) is 3.14. The minimum absolute atomic E-state index is 0.00549. The Balaban J connectivity index is 1.27. The lowest BCUT2D eigenvalue weighted by Crippen LogP contribution is -2.43. The molecular weight excluding hydrogens is 516 g/mol. The summed E-state index contributed by atoms with van der Waals surface area (Å²) in [6, 6.07) is 29.5. The summed E-state index contributed by atoms with van der Waals surface area (Å²) in [6.07, 6.45) is 0. The molecule has 194 valence electrons. The first-order valence-electron chi connectivity index (χ1n) is 13.0. The lowest BCUT2D eigenvalue weighted by Gasteiger charge is -2.32. The van der Waals surface area contributed by atoms with Gasteiger partial charge in [0.25, 0.3) is 23.6 Å². The molecule has 41 heavy (non-hydrogen) atoms. The summed E-state index contributed by atoms with van der Waals surface area (Å²) in [5.41, 5.74) is 1.68. The number of fused-ring (bicyclic) bond motifs is 2. The van der Waals surface area contributed by atoms with Crippen molar-refractivity contribution in [3.63, 3.8) is 0 Å². The van der Waals surface area contributed by atoms with Crippen LogP contribution in [0.4, 0.5) is 11.4 Å². The molecule has 6 aromatic carbocycles. The first-order valence-corrected chi connectivity index (χ1v) is 13.0. The van der Waals surface area contributed by atoms with Crippen LogP contribution >= 0.6 is 0 Å². The Bertz CT molecular complexity index is 2130. The molecule has 7 nitrogen and oxygen atoms in total. The van der Waals surface area contributed by atoms with Gasteiger partial charge >= 0.3 is 0 Å². The molecule has 2 aliphatic heterocycles. The largest absolute Gasteiger partial charge is 0.508 e. The number of carbonyl (C=O) groups is 4. The van der Waals surface area contributed by atoms with Gasteiger partial charge in [0, 0.05) is 33.0 Å². The number of phenolic OH excluding ortho intramolecular Hbond substituents is 1. The molecule has 0 saturated carbocycles. The fraction of sp³-hybridized carbons (Fsp3) is 0. The standard InChI is InChI=1S/C34H18N2O5/c37-24-9-7-22(8-10-24)35-31(38)25-11-13-27-30-28(14-12-26(29(25)30)32(35)39)34(41)36(33(27)40)23-6-5-20-15-18-3-1-2-4-19(18)16-21(20)17-23/h1-17,37H. The second kappa shape index (κ2) is 8.09. The molecule has 0 aromatic heterocycles. The number of imide groups is 2. The Kier molecular flexibility index (Phi) is 4.56. The number of aromatic hydroxyl groups is 1. The number of phenols is 1. The van der Waals surface area contributed by atoms with Gasteiger partial charge in [0.1, 0.15) is 5.75 Å². The molecule has 8 rings (SSSR count). The maximum Gasteiger partial charge on any atom is 0.265 e. The average Bonchev–Trinajstić information content (AvgIpc) is 2.98. The van der Waals surface area contributed by atoms with Crippen LogP contribution in [0.25, 0.3) is 32.3 Å². The zero-order valence-electron chi connectivity index (χ0n) is 21.3. The third-order valence-electron chi connectivity index (χ3n) is 7.95. The van der Waals surface area contributed by atoms with Gasteiger partial charge in [-0.25, -0.2) is 9.80 Å². The van der Waals surface area contributed by atoms with E-state index in [1.165, 1.54) is 36.4 Å². The molecule has 2 heterocycles. The molecule has 0 radical (unpaired) electrons. The molecule has 0 bridgehead atoms. The van der Waals surface area contributed by atoms with Crippen LogP contribution in [0.15, 0.2) is 103 Å². The predicted octanol–water partition coefficient (Wildman–Crippen LogP) is 6.45. The van der Waals surface area contributed by atoms with Crippen molar-refractivity contribution in [2.45, 2.75) is 0 Å². The summed E-state index contributed by atoms with van der Waals surface area (Å²) >= 11 is 0. The summed E-state index contributed by atoms with van der Waals surface area (Å²) in [4.78, 5) is 57.1. The fourth-order valence-corrected chi connectivity index (χ4v) is 6.01. The monoisotopic (exact) mass is 534 g/mol. The molecular formula is C34H18N2O5. The number of hydrogen-bond donors (Lipinski definition) is 1. The van der Waals surface area contributed by atoms with E-state index in [2.05, 4.69) is 6.07 Å². The number of amides is 4. The summed E-state index contributed by atoms with van der Waals surface area (Å²) < 4.78 is 0. The highest BCUT2D eigenvalue weighted by molar-refractivity contribution is 6.42. The molecule has 0 fully saturated rings. The Labute approximate surface area is 232 Å². The molecule has 0 unspecified atom stereocenters. The fourth-order valence-electron chi connectivity index (χ4n) is 6.01. The highest BCUT2D eigenvalue weighted by atomic mass is 16.3. The summed E-state index contributed by atoms with van der Waals surface area (Å²) in [5.74, 6) is -2.17. The maximum absolute atomic E-state index is 13.9. The number of anilines is 2. The van der Waals surface area contributed by atoms with Crippen LogP contribution in [-0.4, -0.2) is 28.7 Å². The zero-order chi connectivity index (χ0) is 28.0. The normalized spacial score (nSPS) is 14.5. The number of carbonyl (C=O) groups excluding carboxylic acids is 4. The summed E-state index contributed by atoms with van der Waals surface area (Å²) in [7, 11) is 0. The quantitative estimate of drug-likeness (QED) is 0.203. The Hall–Kier alpha value is -5.82. The van der Waals surface area contributed by atoms with Gasteiger partial charge < -0.3 is 5.11 Å². The minimum atomic E-state index is -0.569. The average molecular weight is 535 g/mol. The minimum Gasteiger partial charge on any atom is -0.508 e. The van der Waals surface area contributed by atoms with Crippen molar-refractivity contribution in [1.82, 2.24) is 0 Å². The van der Waals surface area contributed by atoms with Crippen LogP contribution in [0.5, 0.6) is 5.75 Å². The smallest absolute Gasteiger partial charge is 0.265 e. The SMILES string of the molecule is O=C1c2ccc3c4c(ccc(c24)C(=O)N1c1ccc(O)cc1)C(=O)N(c1ccc2cc4ccccc4cc2c1)C3=O. The molecule has 0 aliphatic carbocycles. The van der Waals surface area contributed by atoms with Crippen LogP contribution in [0, 0.1) is 0 Å². The van der Waals surface area contributed by atoms with Gasteiger partial charge in [0.2, 0.25) is 0 Å². The highest BCUT2D eigenvalue weighted by Crippen LogP contribution is 2.40. The van der Waals surface area contributed by atoms with Crippen molar-refractivity contribution >= 4 is 67.3 Å². The molecule has 0 spiro atoms. The van der Waals surface area contributed by atoms with E-state index in [9.17, 15) is 24.3 Å². The van der Waals surface area contributed by atoms with Crippen LogP contribution in [0.3, 0.4) is 0 Å². The number of rotatable bonds is 2. The van der Waals surface area contributed by atoms with Crippen molar-refractivity contribution in [1.29, 1.82) is 0 Å². The van der Waals surface area contributed by atoms with E-state index in [1.807, 2.05) is 42.5 Å². The van der Waals surface area contributed by atoms with E-state index >= 15 is 0 Å². The second-order valence-corrected chi connectivity index (χ2v) is 10.2. The molecule has 1 N–H and O–H groups in total. The lowest BCUT2D eigenvalue weighted by atomic mass is 9.85. The van der Waals surface area contributed by atoms with Crippen molar-refractivity contribution in [2.75, 3.05) is 9.80 Å². The predicted molar refractivity (Wildman–Crippen MR) is 156 cm³/mol. The lowest BCUT2D eigenvalue weighted by molar-refractivity contribution is 0.0873. The Morgan fingerprint density at radius 3 is 1.34 bits per heavy atom. The first kappa shape index (κ1) is 23.1. The van der Waals surface area contributed by atoms with E-state index in [4.69, 9.17) is 0 Å². The van der Waals surface area contributed by atoms with Gasteiger partial charge in [0.15, 0.2) is 0 Å². The van der Waals surface area contributed by atoms with Gasteiger partial charge in [-0.1, -0.05) is 30.3 Å². The van der Waals surface area contributed by atoms with Crippen LogP contribution in [-0.2, 0) is 0 Å². The molecule has 6 aromatic rings. The van der Waals surface area contributed by atoms with E-state index in [-0.39, 0.29) is 28.0 Å². The van der Waals surface area contributed by atoms with Gasteiger partial charge in [-0.2, -0.15) is 0 Å². The van der Waals surface area contributed by atoms with Gasteiger partial charge in [0.05, 0.1) is 11.4 Å². The molecule has 4 amide bonds. The van der Waals surface area contributed by atoms with Gasteiger partial charge in [-0.15, -0.1) is 0 Å². The maximum atomic E-state index is 13.9. The highest BCUT2D eigenvalue weighted by Gasteiger charge is 2.40. The van der Waals surface area contributed by atoms with Crippen LogP contribution in [0.1, 0.15) is 41.4 Å². The van der Waals surface area contributed by atoms with Crippen LogP contribution < -0.4 is 9.80 Å². The van der Waals surface area contributed by atoms with Gasteiger partial charge in [-0.05, 0) is 94.3 Å². The first-order chi connectivity index (χ1) is 19.9. The Morgan fingerprint density at radius 2 is 0.829 bits per heavy atom. The van der Waals surface area contributed by atoms with E-state index in [0.717, 1.165) is 31.3 Å². The molecule has 2 aliphatic rings. The summed E-state index contributed by atoms with van der Waals surface area (Å²) in [6.45, 7) is 0. The van der Waals surface area contributed by atoms with E-state index in [0.29, 0.717) is 22.1 Å². The number of nitrogens with zero attached hydrogens (tertiary/aromatic N) is 2. The topological polar surface area (TPSA) is 95.0 Å². The second-order valence-electron chi connectivity index (χ2n) is 10.2. The number of benzene rings is 6. The molecule has 0 atom stereocenters. The summed E-state index contributed by atoms with van der Waals surface area (Å²) in [5, 5.41) is 14.3. The van der Waals surface area contributed by atoms with Crippen LogP contribution in [0.2, 0.25) is 0 Å². The molecule has 7 heteroatoms. The van der Waals surface area contributed by atoms with Crippen molar-refractivity contribution in [3.8, 4) is 5.75 Å². The van der Waals surface area contributed by atoms with E-state index < -0.39 is 23.6 Å². The molecule has 0 saturated heterocycles.